The first kappa shape index (κ1) is 20.3. The van der Waals surface area contributed by atoms with Gasteiger partial charge in [0.15, 0.2) is 0 Å². The van der Waals surface area contributed by atoms with E-state index in [1.807, 2.05) is 91.0 Å². The minimum atomic E-state index is 0.398. The highest BCUT2D eigenvalue weighted by Crippen LogP contribution is 2.35. The summed E-state index contributed by atoms with van der Waals surface area (Å²) in [5.74, 6) is 1.59. The normalized spacial score (nSPS) is 10.5. The summed E-state index contributed by atoms with van der Waals surface area (Å²) < 4.78 is 17.4. The molecule has 0 saturated carbocycles. The van der Waals surface area contributed by atoms with Crippen molar-refractivity contribution >= 4 is 5.69 Å². The Hall–Kier alpha value is -3.99. The van der Waals surface area contributed by atoms with Gasteiger partial charge in [0.1, 0.15) is 19.0 Å². The van der Waals surface area contributed by atoms with Gasteiger partial charge in [-0.15, -0.1) is 0 Å². The van der Waals surface area contributed by atoms with Crippen LogP contribution in [0.25, 0.3) is 11.1 Å². The first-order valence-corrected chi connectivity index (χ1v) is 10.0. The van der Waals surface area contributed by atoms with Gasteiger partial charge in [0.25, 0.3) is 0 Å². The third-order valence-corrected chi connectivity index (χ3v) is 4.83. The molecule has 31 heavy (non-hydrogen) atoms. The fourth-order valence-corrected chi connectivity index (χ4v) is 3.17. The number of pyridine rings is 1. The molecular formula is C26H24N2O3. The number of hydrogen-bond donors (Lipinski definition) is 1. The third-order valence-electron chi connectivity index (χ3n) is 4.83. The van der Waals surface area contributed by atoms with Crippen LogP contribution in [-0.4, -0.2) is 12.1 Å². The van der Waals surface area contributed by atoms with Crippen molar-refractivity contribution in [1.29, 1.82) is 0 Å². The molecular weight excluding hydrogens is 388 g/mol. The van der Waals surface area contributed by atoms with Gasteiger partial charge in [-0.3, -0.25) is 0 Å². The molecule has 0 radical (unpaired) electrons. The molecule has 3 aromatic carbocycles. The number of hydrogen-bond acceptors (Lipinski definition) is 5. The average Bonchev–Trinajstić information content (AvgIpc) is 2.83. The fraction of sp³-hybridized carbons (Fsp3) is 0.115. The van der Waals surface area contributed by atoms with Crippen LogP contribution in [-0.2, 0) is 13.2 Å². The van der Waals surface area contributed by atoms with Crippen molar-refractivity contribution in [3.63, 3.8) is 0 Å². The van der Waals surface area contributed by atoms with E-state index in [0.29, 0.717) is 36.4 Å². The van der Waals surface area contributed by atoms with E-state index in [-0.39, 0.29) is 0 Å². The number of nitrogens with two attached hydrogens (primary N) is 1. The van der Waals surface area contributed by atoms with E-state index in [1.54, 1.807) is 7.11 Å². The van der Waals surface area contributed by atoms with Crippen molar-refractivity contribution in [2.24, 2.45) is 0 Å². The lowest BCUT2D eigenvalue weighted by Gasteiger charge is -2.14. The largest absolute Gasteiger partial charge is 0.495 e. The molecule has 0 aliphatic rings. The fourth-order valence-electron chi connectivity index (χ4n) is 3.17. The van der Waals surface area contributed by atoms with Gasteiger partial charge in [0, 0.05) is 11.6 Å². The molecule has 0 fully saturated rings. The molecule has 0 unspecified atom stereocenters. The Morgan fingerprint density at radius 1 is 0.742 bits per heavy atom. The lowest BCUT2D eigenvalue weighted by atomic mass is 10.1. The van der Waals surface area contributed by atoms with E-state index in [9.17, 15) is 0 Å². The number of ether oxygens (including phenoxy) is 3. The second kappa shape index (κ2) is 9.67. The molecule has 5 nitrogen and oxygen atoms in total. The number of methoxy groups -OCH3 is 1. The van der Waals surface area contributed by atoms with Crippen molar-refractivity contribution in [2.75, 3.05) is 12.8 Å². The van der Waals surface area contributed by atoms with Crippen LogP contribution in [0.4, 0.5) is 5.69 Å². The highest BCUT2D eigenvalue weighted by molar-refractivity contribution is 5.73. The summed E-state index contributed by atoms with van der Waals surface area (Å²) in [6.45, 7) is 0.829. The molecule has 0 atom stereocenters. The molecule has 2 N–H and O–H groups in total. The van der Waals surface area contributed by atoms with E-state index in [0.717, 1.165) is 22.3 Å². The van der Waals surface area contributed by atoms with E-state index >= 15 is 0 Å². The summed E-state index contributed by atoms with van der Waals surface area (Å²) in [6.07, 6.45) is 0. The van der Waals surface area contributed by atoms with E-state index in [1.165, 1.54) is 0 Å². The lowest BCUT2D eigenvalue weighted by molar-refractivity contribution is 0.268. The van der Waals surface area contributed by atoms with Crippen LogP contribution in [0.3, 0.4) is 0 Å². The van der Waals surface area contributed by atoms with Gasteiger partial charge in [-0.25, -0.2) is 0 Å². The highest BCUT2D eigenvalue weighted by Gasteiger charge is 2.13. The van der Waals surface area contributed by atoms with Gasteiger partial charge in [0.2, 0.25) is 11.8 Å². The summed E-state index contributed by atoms with van der Waals surface area (Å²) in [7, 11) is 1.60. The van der Waals surface area contributed by atoms with Crippen molar-refractivity contribution in [3.8, 4) is 28.6 Å². The first-order chi connectivity index (χ1) is 15.2. The van der Waals surface area contributed by atoms with Gasteiger partial charge in [-0.05, 0) is 34.9 Å². The maximum absolute atomic E-state index is 6.11. The SMILES string of the molecule is COc1cc(-c2ccc(OCc3ccccc3)nc2OCc2ccccc2)ccc1N. The van der Waals surface area contributed by atoms with Gasteiger partial charge in [0.05, 0.1) is 12.8 Å². The zero-order valence-electron chi connectivity index (χ0n) is 17.3. The monoisotopic (exact) mass is 412 g/mol. The molecule has 1 aromatic heterocycles. The highest BCUT2D eigenvalue weighted by atomic mass is 16.5. The Balaban J connectivity index is 1.62. The molecule has 0 amide bonds. The Bertz CT molecular complexity index is 1130. The minimum absolute atomic E-state index is 0.398. The van der Waals surface area contributed by atoms with Gasteiger partial charge < -0.3 is 19.9 Å². The topological polar surface area (TPSA) is 66.6 Å². The van der Waals surface area contributed by atoms with Crippen molar-refractivity contribution in [2.45, 2.75) is 13.2 Å². The average molecular weight is 412 g/mol. The summed E-state index contributed by atoms with van der Waals surface area (Å²) >= 11 is 0. The predicted molar refractivity (Wildman–Crippen MR) is 122 cm³/mol. The van der Waals surface area contributed by atoms with Crippen LogP contribution >= 0.6 is 0 Å². The van der Waals surface area contributed by atoms with Crippen LogP contribution in [0.5, 0.6) is 17.5 Å². The molecule has 4 aromatic rings. The Morgan fingerprint density at radius 2 is 1.39 bits per heavy atom. The summed E-state index contributed by atoms with van der Waals surface area (Å²) in [5.41, 5.74) is 10.4. The van der Waals surface area contributed by atoms with Gasteiger partial charge in [-0.2, -0.15) is 4.98 Å². The molecule has 0 saturated heterocycles. The first-order valence-electron chi connectivity index (χ1n) is 10.0. The zero-order chi connectivity index (χ0) is 21.5. The summed E-state index contributed by atoms with van der Waals surface area (Å²) in [6, 6.07) is 29.4. The predicted octanol–water partition coefficient (Wildman–Crippen LogP) is 5.50. The molecule has 0 bridgehead atoms. The van der Waals surface area contributed by atoms with Crippen LogP contribution in [0, 0.1) is 0 Å². The maximum Gasteiger partial charge on any atom is 0.225 e. The number of nitrogens with zero attached hydrogens (tertiary/aromatic N) is 1. The lowest BCUT2D eigenvalue weighted by Crippen LogP contribution is -2.02. The van der Waals surface area contributed by atoms with E-state index in [2.05, 4.69) is 4.98 Å². The second-order valence-electron chi connectivity index (χ2n) is 7.01. The molecule has 0 aliphatic heterocycles. The Morgan fingerprint density at radius 3 is 2.03 bits per heavy atom. The quantitative estimate of drug-likeness (QED) is 0.387. The number of rotatable bonds is 8. The molecule has 0 aliphatic carbocycles. The number of anilines is 1. The molecule has 4 rings (SSSR count). The minimum Gasteiger partial charge on any atom is -0.495 e. The van der Waals surface area contributed by atoms with E-state index in [4.69, 9.17) is 19.9 Å². The summed E-state index contributed by atoms with van der Waals surface area (Å²) in [5, 5.41) is 0. The molecule has 156 valence electrons. The standard InChI is InChI=1S/C26H24N2O3/c1-29-24-16-21(12-14-23(24)27)22-13-15-25(30-17-19-8-4-2-5-9-19)28-26(22)31-18-20-10-6-3-7-11-20/h2-16H,17-18,27H2,1H3. The second-order valence-corrected chi connectivity index (χ2v) is 7.01. The number of nitrogen functional groups attached to an aromatic ring is 1. The van der Waals surface area contributed by atoms with E-state index < -0.39 is 0 Å². The van der Waals surface area contributed by atoms with Gasteiger partial charge >= 0.3 is 0 Å². The Kier molecular flexibility index (Phi) is 6.33. The van der Waals surface area contributed by atoms with Gasteiger partial charge in [-0.1, -0.05) is 66.7 Å². The number of benzene rings is 3. The van der Waals surface area contributed by atoms with Crippen LogP contribution in [0.1, 0.15) is 11.1 Å². The zero-order valence-corrected chi connectivity index (χ0v) is 17.3. The number of aromatic nitrogens is 1. The van der Waals surface area contributed by atoms with Crippen LogP contribution in [0.2, 0.25) is 0 Å². The summed E-state index contributed by atoms with van der Waals surface area (Å²) in [4.78, 5) is 4.64. The molecule has 1 heterocycles. The van der Waals surface area contributed by atoms with Crippen molar-refractivity contribution in [1.82, 2.24) is 4.98 Å². The molecule has 5 heteroatoms. The molecule has 0 spiro atoms. The Labute approximate surface area is 182 Å². The van der Waals surface area contributed by atoms with Crippen molar-refractivity contribution in [3.05, 3.63) is 102 Å². The smallest absolute Gasteiger partial charge is 0.225 e. The third kappa shape index (κ3) is 5.14. The van der Waals surface area contributed by atoms with Crippen LogP contribution in [0.15, 0.2) is 91.0 Å². The van der Waals surface area contributed by atoms with Crippen LogP contribution < -0.4 is 19.9 Å². The van der Waals surface area contributed by atoms with Crippen molar-refractivity contribution < 1.29 is 14.2 Å². The maximum atomic E-state index is 6.11.